The van der Waals surface area contributed by atoms with Gasteiger partial charge < -0.3 is 15.6 Å². The van der Waals surface area contributed by atoms with Gasteiger partial charge in [-0.2, -0.15) is 0 Å². The molecule has 0 amide bonds. The van der Waals surface area contributed by atoms with Gasteiger partial charge in [-0.25, -0.2) is 0 Å². The minimum absolute atomic E-state index is 1.11. The van der Waals surface area contributed by atoms with Crippen molar-refractivity contribution >= 4 is 53.7 Å². The van der Waals surface area contributed by atoms with Crippen LogP contribution in [0, 0.1) is 0 Å². The van der Waals surface area contributed by atoms with Crippen LogP contribution in [0.25, 0.3) is 21.8 Å². The number of hydrogen-bond acceptors (Lipinski definition) is 2. The zero-order valence-electron chi connectivity index (χ0n) is 11.5. The molecule has 3 aromatic rings. The first kappa shape index (κ1) is 15.0. The van der Waals surface area contributed by atoms with E-state index in [0.29, 0.717) is 0 Å². The number of aromatic nitrogens is 1. The SMILES string of the molecule is Brc1ccc2[nH]c3ccc(Br)cc3c2c1.C1CNCCN1. The van der Waals surface area contributed by atoms with Gasteiger partial charge in [0.15, 0.2) is 0 Å². The van der Waals surface area contributed by atoms with Crippen molar-refractivity contribution in [2.24, 2.45) is 0 Å². The van der Waals surface area contributed by atoms with Crippen LogP contribution in [0.2, 0.25) is 0 Å². The lowest BCUT2D eigenvalue weighted by Gasteiger charge is -2.11. The Morgan fingerprint density at radius 3 is 1.48 bits per heavy atom. The Balaban J connectivity index is 0.000000186. The van der Waals surface area contributed by atoms with Gasteiger partial charge >= 0.3 is 0 Å². The third-order valence-corrected chi connectivity index (χ3v) is 4.47. The van der Waals surface area contributed by atoms with Gasteiger partial charge in [-0.1, -0.05) is 31.9 Å². The molecule has 5 heteroatoms. The number of benzene rings is 2. The largest absolute Gasteiger partial charge is 0.355 e. The van der Waals surface area contributed by atoms with E-state index in [4.69, 9.17) is 0 Å². The number of halogens is 2. The van der Waals surface area contributed by atoms with Gasteiger partial charge in [0.2, 0.25) is 0 Å². The molecule has 1 aromatic heterocycles. The molecule has 1 aliphatic heterocycles. The predicted octanol–water partition coefficient (Wildman–Crippen LogP) is 4.03. The lowest BCUT2D eigenvalue weighted by molar-refractivity contribution is 0.534. The summed E-state index contributed by atoms with van der Waals surface area (Å²) in [6.45, 7) is 4.56. The van der Waals surface area contributed by atoms with Crippen molar-refractivity contribution in [1.29, 1.82) is 0 Å². The molecule has 2 aromatic carbocycles. The Bertz CT molecular complexity index is 680. The highest BCUT2D eigenvalue weighted by molar-refractivity contribution is 9.10. The van der Waals surface area contributed by atoms with Crippen LogP contribution in [-0.4, -0.2) is 31.2 Å². The third kappa shape index (κ3) is 3.66. The highest BCUT2D eigenvalue weighted by Gasteiger charge is 2.04. The van der Waals surface area contributed by atoms with E-state index >= 15 is 0 Å². The molecule has 110 valence electrons. The van der Waals surface area contributed by atoms with Crippen molar-refractivity contribution in [3.63, 3.8) is 0 Å². The maximum atomic E-state index is 3.50. The molecule has 0 aliphatic carbocycles. The molecule has 1 aliphatic rings. The molecule has 0 saturated carbocycles. The average Bonchev–Trinajstić information content (AvgIpc) is 2.87. The quantitative estimate of drug-likeness (QED) is 0.523. The Labute approximate surface area is 140 Å². The molecule has 4 rings (SSSR count). The Hall–Kier alpha value is -0.880. The van der Waals surface area contributed by atoms with Crippen LogP contribution < -0.4 is 10.6 Å². The average molecular weight is 411 g/mol. The fourth-order valence-electron chi connectivity index (χ4n) is 2.45. The first-order chi connectivity index (χ1) is 10.2. The molecule has 3 nitrogen and oxygen atoms in total. The lowest BCUT2D eigenvalue weighted by atomic mass is 10.2. The number of rotatable bonds is 0. The van der Waals surface area contributed by atoms with Gasteiger partial charge in [-0.3, -0.25) is 0 Å². The second-order valence-electron chi connectivity index (χ2n) is 5.00. The summed E-state index contributed by atoms with van der Waals surface area (Å²) in [4.78, 5) is 3.39. The molecule has 21 heavy (non-hydrogen) atoms. The number of fused-ring (bicyclic) bond motifs is 3. The van der Waals surface area contributed by atoms with Crippen molar-refractivity contribution < 1.29 is 0 Å². The summed E-state index contributed by atoms with van der Waals surface area (Å²) in [7, 11) is 0. The third-order valence-electron chi connectivity index (χ3n) is 3.48. The first-order valence-corrected chi connectivity index (χ1v) is 8.60. The van der Waals surface area contributed by atoms with Crippen molar-refractivity contribution in [2.75, 3.05) is 26.2 Å². The smallest absolute Gasteiger partial charge is 0.0465 e. The van der Waals surface area contributed by atoms with Crippen LogP contribution >= 0.6 is 31.9 Å². The van der Waals surface area contributed by atoms with Gasteiger partial charge in [-0.05, 0) is 36.4 Å². The van der Waals surface area contributed by atoms with E-state index in [-0.39, 0.29) is 0 Å². The summed E-state index contributed by atoms with van der Waals surface area (Å²) in [5.74, 6) is 0. The van der Waals surface area contributed by atoms with Crippen molar-refractivity contribution in [2.45, 2.75) is 0 Å². The maximum absolute atomic E-state index is 3.50. The summed E-state index contributed by atoms with van der Waals surface area (Å²) in [5.41, 5.74) is 2.35. The van der Waals surface area contributed by atoms with E-state index < -0.39 is 0 Å². The molecule has 3 N–H and O–H groups in total. The molecule has 0 radical (unpaired) electrons. The van der Waals surface area contributed by atoms with E-state index in [1.807, 2.05) is 12.1 Å². The first-order valence-electron chi connectivity index (χ1n) is 7.02. The zero-order chi connectivity index (χ0) is 14.7. The van der Waals surface area contributed by atoms with Crippen LogP contribution in [0.3, 0.4) is 0 Å². The van der Waals surface area contributed by atoms with E-state index in [1.54, 1.807) is 0 Å². The van der Waals surface area contributed by atoms with Crippen molar-refractivity contribution in [3.8, 4) is 0 Å². The monoisotopic (exact) mass is 409 g/mol. The second kappa shape index (κ2) is 6.92. The van der Waals surface area contributed by atoms with Crippen LogP contribution in [0.1, 0.15) is 0 Å². The summed E-state index contributed by atoms with van der Waals surface area (Å²) < 4.78 is 2.21. The second-order valence-corrected chi connectivity index (χ2v) is 6.84. The van der Waals surface area contributed by atoms with Crippen molar-refractivity contribution in [3.05, 3.63) is 45.3 Å². The molecule has 0 atom stereocenters. The maximum Gasteiger partial charge on any atom is 0.0465 e. The van der Waals surface area contributed by atoms with Crippen LogP contribution in [0.4, 0.5) is 0 Å². The van der Waals surface area contributed by atoms with E-state index in [2.05, 4.69) is 71.7 Å². The molecule has 0 bridgehead atoms. The Morgan fingerprint density at radius 1 is 0.667 bits per heavy atom. The molecule has 0 unspecified atom stereocenters. The van der Waals surface area contributed by atoms with Crippen LogP contribution in [-0.2, 0) is 0 Å². The van der Waals surface area contributed by atoms with Gasteiger partial charge in [0.05, 0.1) is 0 Å². The number of hydrogen-bond donors (Lipinski definition) is 3. The molecular weight excluding hydrogens is 394 g/mol. The van der Waals surface area contributed by atoms with E-state index in [0.717, 1.165) is 35.1 Å². The van der Waals surface area contributed by atoms with E-state index in [9.17, 15) is 0 Å². The standard InChI is InChI=1S/C12H7Br2N.C4H10N2/c13-7-1-3-11-9(5-7)10-6-8(14)2-4-12(10)15-11;1-2-6-4-3-5-1/h1-6,15H;5-6H,1-4H2. The summed E-state index contributed by atoms with van der Waals surface area (Å²) in [6, 6.07) is 12.6. The minimum atomic E-state index is 1.11. The lowest BCUT2D eigenvalue weighted by Crippen LogP contribution is -2.39. The summed E-state index contributed by atoms with van der Waals surface area (Å²) in [5, 5.41) is 8.95. The fraction of sp³-hybridized carbons (Fsp3) is 0.250. The number of nitrogens with one attached hydrogen (secondary N) is 3. The normalized spacial score (nSPS) is 15.0. The van der Waals surface area contributed by atoms with Crippen LogP contribution in [0.5, 0.6) is 0 Å². The van der Waals surface area contributed by atoms with Crippen LogP contribution in [0.15, 0.2) is 45.3 Å². The molecule has 2 heterocycles. The van der Waals surface area contributed by atoms with Gasteiger partial charge in [0, 0.05) is 56.9 Å². The number of H-pyrrole nitrogens is 1. The van der Waals surface area contributed by atoms with Gasteiger partial charge in [0.1, 0.15) is 0 Å². The zero-order valence-corrected chi connectivity index (χ0v) is 14.7. The topological polar surface area (TPSA) is 39.9 Å². The fourth-order valence-corrected chi connectivity index (χ4v) is 3.17. The molecule has 1 fully saturated rings. The Morgan fingerprint density at radius 2 is 1.10 bits per heavy atom. The Kier molecular flexibility index (Phi) is 4.95. The summed E-state index contributed by atoms with van der Waals surface area (Å²) in [6.07, 6.45) is 0. The highest BCUT2D eigenvalue weighted by Crippen LogP contribution is 2.29. The van der Waals surface area contributed by atoms with Gasteiger partial charge in [-0.15, -0.1) is 0 Å². The molecular formula is C16H17Br2N3. The molecule has 1 saturated heterocycles. The van der Waals surface area contributed by atoms with E-state index in [1.165, 1.54) is 21.8 Å². The van der Waals surface area contributed by atoms with Crippen molar-refractivity contribution in [1.82, 2.24) is 15.6 Å². The number of piperazine rings is 1. The highest BCUT2D eigenvalue weighted by atomic mass is 79.9. The minimum Gasteiger partial charge on any atom is -0.355 e. The molecule has 0 spiro atoms. The predicted molar refractivity (Wildman–Crippen MR) is 96.9 cm³/mol. The summed E-state index contributed by atoms with van der Waals surface area (Å²) >= 11 is 6.99. The van der Waals surface area contributed by atoms with Gasteiger partial charge in [0.25, 0.3) is 0 Å². The number of aromatic amines is 1.